The van der Waals surface area contributed by atoms with Crippen LogP contribution in [0.25, 0.3) is 0 Å². The van der Waals surface area contributed by atoms with Gasteiger partial charge in [-0.1, -0.05) is 0 Å². The molecule has 11 heteroatoms. The van der Waals surface area contributed by atoms with E-state index in [4.69, 9.17) is 9.26 Å². The summed E-state index contributed by atoms with van der Waals surface area (Å²) < 4.78 is 25.8. The number of phosphoric ester groups is 1. The molecule has 0 amide bonds. The van der Waals surface area contributed by atoms with E-state index in [1.807, 2.05) is 0 Å². The van der Waals surface area contributed by atoms with E-state index < -0.39 is 56.0 Å². The van der Waals surface area contributed by atoms with E-state index in [1.54, 1.807) is 0 Å². The third kappa shape index (κ3) is 10.2. The molecule has 0 aromatic rings. The summed E-state index contributed by atoms with van der Waals surface area (Å²) in [6.45, 7) is 8.25. The normalized spacial score (nSPS) is 20.3. The molecular weight excluding hydrogens is 359 g/mol. The highest BCUT2D eigenvalue weighted by atomic mass is 31.2. The lowest BCUT2D eigenvalue weighted by Crippen LogP contribution is -2.50. The first-order valence-electron chi connectivity index (χ1n) is 7.58. The van der Waals surface area contributed by atoms with Crippen LogP contribution >= 0.6 is 7.82 Å². The summed E-state index contributed by atoms with van der Waals surface area (Å²) in [7, 11) is -4.52. The molecule has 5 N–H and O–H groups in total. The fraction of sp³-hybridized carbons (Fsp3) is 0.929. The van der Waals surface area contributed by atoms with Crippen LogP contribution in [-0.2, 0) is 23.1 Å². The molecule has 0 aliphatic carbocycles. The Morgan fingerprint density at radius 1 is 0.960 bits per heavy atom. The number of rotatable bonds is 8. The van der Waals surface area contributed by atoms with Gasteiger partial charge in [0.05, 0.1) is 12.2 Å². The van der Waals surface area contributed by atoms with Gasteiger partial charge in [0.25, 0.3) is 0 Å². The maximum Gasteiger partial charge on any atom is 0.472 e. The standard InChI is InChI=1S/C14H29O10P/c1-13(2,3)23-12(19)11(18)10(17)9(16)8(15)7-22-25(20,21)24-14(4,5)6/h8-11,15-18H,7H2,1-6H3,(H,20,21)/t8-,9-,10+,11-/m1/s1. The Hall–Kier alpha value is -0.580. The summed E-state index contributed by atoms with van der Waals surface area (Å²) in [5, 5.41) is 38.9. The second kappa shape index (κ2) is 8.88. The predicted octanol–water partition coefficient (Wildman–Crippen LogP) is -0.296. The molecule has 1 unspecified atom stereocenters. The third-order valence-corrected chi connectivity index (χ3v) is 3.77. The first-order valence-corrected chi connectivity index (χ1v) is 9.08. The van der Waals surface area contributed by atoms with Gasteiger partial charge in [-0.3, -0.25) is 9.05 Å². The monoisotopic (exact) mass is 388 g/mol. The largest absolute Gasteiger partial charge is 0.472 e. The number of aliphatic hydroxyl groups excluding tert-OH is 4. The second-order valence-corrected chi connectivity index (χ2v) is 8.87. The Morgan fingerprint density at radius 2 is 1.44 bits per heavy atom. The summed E-state index contributed by atoms with van der Waals surface area (Å²) in [5.41, 5.74) is -1.93. The Bertz CT molecular complexity index is 481. The highest BCUT2D eigenvalue weighted by Gasteiger charge is 2.38. The number of ether oxygens (including phenoxy) is 1. The molecule has 0 aliphatic rings. The molecule has 0 aliphatic heterocycles. The van der Waals surface area contributed by atoms with Gasteiger partial charge >= 0.3 is 13.8 Å². The molecule has 0 bridgehead atoms. The molecule has 0 radical (unpaired) electrons. The molecule has 10 nitrogen and oxygen atoms in total. The molecule has 0 saturated carbocycles. The lowest BCUT2D eigenvalue weighted by molar-refractivity contribution is -0.180. The Kier molecular flexibility index (Phi) is 8.67. The molecule has 25 heavy (non-hydrogen) atoms. The predicted molar refractivity (Wildman–Crippen MR) is 86.5 cm³/mol. The van der Waals surface area contributed by atoms with Crippen LogP contribution in [-0.4, -0.2) is 73.5 Å². The molecular formula is C14H29O10P. The highest BCUT2D eigenvalue weighted by molar-refractivity contribution is 7.47. The molecule has 0 saturated heterocycles. The van der Waals surface area contributed by atoms with E-state index in [0.717, 1.165) is 0 Å². The number of hydrogen-bond acceptors (Lipinski definition) is 9. The number of esters is 1. The van der Waals surface area contributed by atoms with Gasteiger partial charge in [0.1, 0.15) is 23.9 Å². The molecule has 0 fully saturated rings. The third-order valence-electron chi connectivity index (χ3n) is 2.51. The molecule has 0 aromatic heterocycles. The number of aliphatic hydroxyl groups is 4. The van der Waals surface area contributed by atoms with E-state index in [1.165, 1.54) is 41.5 Å². The zero-order valence-corrected chi connectivity index (χ0v) is 16.1. The maximum absolute atomic E-state index is 11.7. The van der Waals surface area contributed by atoms with E-state index >= 15 is 0 Å². The van der Waals surface area contributed by atoms with Crippen molar-refractivity contribution in [3.8, 4) is 0 Å². The first kappa shape index (κ1) is 24.4. The van der Waals surface area contributed by atoms with Crippen LogP contribution < -0.4 is 0 Å². The van der Waals surface area contributed by atoms with E-state index in [0.29, 0.717) is 0 Å². The summed E-state index contributed by atoms with van der Waals surface area (Å²) in [6, 6.07) is 0. The summed E-state index contributed by atoms with van der Waals surface area (Å²) in [5.74, 6) is -1.20. The smallest absolute Gasteiger partial charge is 0.458 e. The lowest BCUT2D eigenvalue weighted by Gasteiger charge is -2.28. The van der Waals surface area contributed by atoms with Gasteiger partial charge in [0.2, 0.25) is 0 Å². The molecule has 0 spiro atoms. The number of hydrogen-bond donors (Lipinski definition) is 5. The zero-order valence-electron chi connectivity index (χ0n) is 15.2. The molecule has 150 valence electrons. The number of carbonyl (C=O) groups is 1. The van der Waals surface area contributed by atoms with Gasteiger partial charge in [-0.05, 0) is 41.5 Å². The summed E-state index contributed by atoms with van der Waals surface area (Å²) in [6.07, 6.45) is -8.15. The Labute approximate surface area is 147 Å². The minimum absolute atomic E-state index is 0.886. The van der Waals surface area contributed by atoms with E-state index in [-0.39, 0.29) is 0 Å². The van der Waals surface area contributed by atoms with Crippen molar-refractivity contribution in [2.24, 2.45) is 0 Å². The molecule has 0 rings (SSSR count). The van der Waals surface area contributed by atoms with Crippen LogP contribution in [0.15, 0.2) is 0 Å². The Balaban J connectivity index is 4.69. The van der Waals surface area contributed by atoms with Crippen LogP contribution in [0.4, 0.5) is 0 Å². The van der Waals surface area contributed by atoms with Gasteiger partial charge < -0.3 is 30.1 Å². The van der Waals surface area contributed by atoms with Gasteiger partial charge in [-0.2, -0.15) is 0 Å². The van der Waals surface area contributed by atoms with Gasteiger partial charge in [0.15, 0.2) is 6.10 Å². The van der Waals surface area contributed by atoms with Crippen molar-refractivity contribution in [1.82, 2.24) is 0 Å². The van der Waals surface area contributed by atoms with Crippen molar-refractivity contribution >= 4 is 13.8 Å². The number of carbonyl (C=O) groups excluding carboxylic acids is 1. The van der Waals surface area contributed by atoms with Crippen molar-refractivity contribution in [1.29, 1.82) is 0 Å². The van der Waals surface area contributed by atoms with Crippen LogP contribution in [0.5, 0.6) is 0 Å². The number of phosphoric acid groups is 1. The topological polar surface area (TPSA) is 163 Å². The van der Waals surface area contributed by atoms with Gasteiger partial charge in [-0.25, -0.2) is 9.36 Å². The fourth-order valence-corrected chi connectivity index (χ4v) is 2.64. The Morgan fingerprint density at radius 3 is 1.84 bits per heavy atom. The van der Waals surface area contributed by atoms with Crippen molar-refractivity contribution in [3.63, 3.8) is 0 Å². The van der Waals surface area contributed by atoms with Crippen molar-refractivity contribution < 1.29 is 48.5 Å². The van der Waals surface area contributed by atoms with Crippen LogP contribution in [0.1, 0.15) is 41.5 Å². The molecule has 5 atom stereocenters. The lowest BCUT2D eigenvalue weighted by atomic mass is 10.0. The average molecular weight is 388 g/mol. The van der Waals surface area contributed by atoms with Crippen molar-refractivity contribution in [2.45, 2.75) is 77.2 Å². The van der Waals surface area contributed by atoms with Gasteiger partial charge in [-0.15, -0.1) is 0 Å². The average Bonchev–Trinajstić information content (AvgIpc) is 2.37. The van der Waals surface area contributed by atoms with E-state index in [9.17, 15) is 34.7 Å². The van der Waals surface area contributed by atoms with Crippen molar-refractivity contribution in [2.75, 3.05) is 6.61 Å². The van der Waals surface area contributed by atoms with Crippen LogP contribution in [0, 0.1) is 0 Å². The summed E-state index contributed by atoms with van der Waals surface area (Å²) >= 11 is 0. The zero-order chi connectivity index (χ0) is 20.2. The highest BCUT2D eigenvalue weighted by Crippen LogP contribution is 2.47. The molecule has 0 heterocycles. The SMILES string of the molecule is CC(C)(C)OC(=O)[C@H](O)[C@@H](O)[C@H](O)[C@H](O)COP(=O)(O)OC(C)(C)C. The van der Waals surface area contributed by atoms with Crippen LogP contribution in [0.2, 0.25) is 0 Å². The molecule has 0 aromatic carbocycles. The summed E-state index contributed by atoms with van der Waals surface area (Å²) in [4.78, 5) is 21.1. The van der Waals surface area contributed by atoms with Crippen molar-refractivity contribution in [3.05, 3.63) is 0 Å². The van der Waals surface area contributed by atoms with Crippen LogP contribution in [0.3, 0.4) is 0 Å². The van der Waals surface area contributed by atoms with E-state index in [2.05, 4.69) is 4.52 Å². The first-order chi connectivity index (χ1) is 11.0. The quantitative estimate of drug-likeness (QED) is 0.276. The fourth-order valence-electron chi connectivity index (χ4n) is 1.56. The second-order valence-electron chi connectivity index (χ2n) is 7.49. The van der Waals surface area contributed by atoms with Gasteiger partial charge in [0, 0.05) is 0 Å². The minimum Gasteiger partial charge on any atom is -0.458 e. The maximum atomic E-state index is 11.7. The minimum atomic E-state index is -4.52.